The van der Waals surface area contributed by atoms with E-state index in [9.17, 15) is 18.4 Å². The number of halogens is 2. The second-order valence-corrected chi connectivity index (χ2v) is 5.96. The van der Waals surface area contributed by atoms with Gasteiger partial charge in [-0.05, 0) is 18.6 Å². The molecular weight excluding hydrogens is 346 g/mol. The number of nitrogens with one attached hydrogen (secondary N) is 1. The van der Waals surface area contributed by atoms with E-state index in [1.165, 1.54) is 6.92 Å². The van der Waals surface area contributed by atoms with Crippen molar-refractivity contribution >= 4 is 17.7 Å². The van der Waals surface area contributed by atoms with Crippen molar-refractivity contribution in [3.05, 3.63) is 65.2 Å². The van der Waals surface area contributed by atoms with Crippen molar-refractivity contribution in [2.24, 2.45) is 5.73 Å². The van der Waals surface area contributed by atoms with Gasteiger partial charge in [0, 0.05) is 5.56 Å². The van der Waals surface area contributed by atoms with Gasteiger partial charge in [-0.2, -0.15) is 0 Å². The molecule has 1 atom stereocenters. The van der Waals surface area contributed by atoms with E-state index in [1.54, 1.807) is 30.3 Å². The predicted octanol–water partition coefficient (Wildman–Crippen LogP) is 3.36. The molecule has 2 rings (SSSR count). The van der Waals surface area contributed by atoms with Gasteiger partial charge in [0.15, 0.2) is 5.82 Å². The molecule has 2 aromatic rings. The Labute approximate surface area is 148 Å². The smallest absolute Gasteiger partial charge is 0.412 e. The molecule has 26 heavy (non-hydrogen) atoms. The van der Waals surface area contributed by atoms with E-state index >= 15 is 0 Å². The van der Waals surface area contributed by atoms with Crippen molar-refractivity contribution in [2.75, 3.05) is 5.32 Å². The fraction of sp³-hybridized carbons (Fsp3) is 0.222. The molecule has 0 fully saturated rings. The Bertz CT molecular complexity index is 810. The van der Waals surface area contributed by atoms with Crippen LogP contribution in [-0.4, -0.2) is 17.2 Å². The molecule has 0 saturated carbocycles. The minimum absolute atomic E-state index is 0.0801. The third-order valence-corrected chi connectivity index (χ3v) is 3.66. The molecule has 8 heteroatoms. The molecular formula is C18H18F2N2O4. The monoisotopic (exact) mass is 364 g/mol. The average molecular weight is 364 g/mol. The fourth-order valence-electron chi connectivity index (χ4n) is 2.38. The topological polar surface area (TPSA) is 102 Å². The van der Waals surface area contributed by atoms with E-state index in [2.05, 4.69) is 0 Å². The predicted molar refractivity (Wildman–Crippen MR) is 90.4 cm³/mol. The van der Waals surface area contributed by atoms with Crippen molar-refractivity contribution in [1.82, 2.24) is 0 Å². The molecule has 0 aliphatic heterocycles. The molecule has 1 amide bonds. The van der Waals surface area contributed by atoms with Crippen molar-refractivity contribution in [2.45, 2.75) is 25.5 Å². The van der Waals surface area contributed by atoms with Crippen LogP contribution in [0.4, 0.5) is 19.3 Å². The molecule has 0 bridgehead atoms. The van der Waals surface area contributed by atoms with Crippen molar-refractivity contribution in [3.63, 3.8) is 0 Å². The summed E-state index contributed by atoms with van der Waals surface area (Å²) in [6, 6.07) is 10.7. The number of carboxylic acids is 1. The summed E-state index contributed by atoms with van der Waals surface area (Å²) in [6.45, 7) is 1.22. The van der Waals surface area contributed by atoms with Crippen molar-refractivity contribution < 1.29 is 28.2 Å². The summed E-state index contributed by atoms with van der Waals surface area (Å²) in [4.78, 5) is 22.7. The van der Waals surface area contributed by atoms with Crippen LogP contribution in [0.5, 0.6) is 0 Å². The highest BCUT2D eigenvalue weighted by atomic mass is 19.1. The summed E-state index contributed by atoms with van der Waals surface area (Å²) in [5.74, 6) is -3.42. The minimum Gasteiger partial charge on any atom is -0.481 e. The van der Waals surface area contributed by atoms with E-state index in [0.717, 1.165) is 12.1 Å². The fourth-order valence-corrected chi connectivity index (χ4v) is 2.38. The molecule has 0 spiro atoms. The van der Waals surface area contributed by atoms with Gasteiger partial charge >= 0.3 is 12.1 Å². The number of hydrogen-bond donors (Lipinski definition) is 3. The zero-order valence-electron chi connectivity index (χ0n) is 14.0. The standard InChI is InChI=1S/C18H18F2N2O4/c1-18(21,9-14(23)24)12-7-8-13(19)16(15(12)20)22-17(25)26-10-11-5-3-2-4-6-11/h2-8H,9-10,21H2,1H3,(H,22,25)(H,23,24). The van der Waals surface area contributed by atoms with Gasteiger partial charge in [0.25, 0.3) is 0 Å². The van der Waals surface area contributed by atoms with Crippen LogP contribution in [0.25, 0.3) is 0 Å². The van der Waals surface area contributed by atoms with Gasteiger partial charge in [-0.3, -0.25) is 10.1 Å². The first kappa shape index (κ1) is 19.3. The Hall–Kier alpha value is -3.00. The summed E-state index contributed by atoms with van der Waals surface area (Å²) in [6.07, 6.45) is -1.63. The number of hydrogen-bond acceptors (Lipinski definition) is 4. The first-order valence-corrected chi connectivity index (χ1v) is 7.67. The number of benzene rings is 2. The minimum atomic E-state index is -1.59. The summed E-state index contributed by atoms with van der Waals surface area (Å²) in [7, 11) is 0. The van der Waals surface area contributed by atoms with E-state index in [4.69, 9.17) is 15.6 Å². The molecule has 0 aromatic heterocycles. The normalized spacial score (nSPS) is 12.9. The summed E-state index contributed by atoms with van der Waals surface area (Å²) in [5.41, 5.74) is 3.97. The number of ether oxygens (including phenoxy) is 1. The van der Waals surface area contributed by atoms with Gasteiger partial charge in [-0.1, -0.05) is 36.4 Å². The van der Waals surface area contributed by atoms with Gasteiger partial charge in [0.1, 0.15) is 18.1 Å². The van der Waals surface area contributed by atoms with Crippen LogP contribution in [0.15, 0.2) is 42.5 Å². The maximum atomic E-state index is 14.6. The Morgan fingerprint density at radius 3 is 2.46 bits per heavy atom. The number of rotatable bonds is 6. The highest BCUT2D eigenvalue weighted by Gasteiger charge is 2.30. The van der Waals surface area contributed by atoms with Crippen LogP contribution in [0.1, 0.15) is 24.5 Å². The zero-order valence-corrected chi connectivity index (χ0v) is 14.0. The number of aliphatic carboxylic acids is 1. The SMILES string of the molecule is CC(N)(CC(=O)O)c1ccc(F)c(NC(=O)OCc2ccccc2)c1F. The number of carbonyl (C=O) groups is 2. The van der Waals surface area contributed by atoms with Gasteiger partial charge in [0.2, 0.25) is 0 Å². The third kappa shape index (κ3) is 4.76. The van der Waals surface area contributed by atoms with Crippen LogP contribution in [0.2, 0.25) is 0 Å². The van der Waals surface area contributed by atoms with Crippen LogP contribution >= 0.6 is 0 Å². The molecule has 2 aromatic carbocycles. The van der Waals surface area contributed by atoms with Crippen LogP contribution in [0, 0.1) is 11.6 Å². The molecule has 138 valence electrons. The summed E-state index contributed by atoms with van der Waals surface area (Å²) < 4.78 is 33.5. The number of carboxylic acid groups (broad SMARTS) is 1. The largest absolute Gasteiger partial charge is 0.481 e. The van der Waals surface area contributed by atoms with Crippen LogP contribution in [0.3, 0.4) is 0 Å². The number of nitrogens with two attached hydrogens (primary N) is 1. The maximum Gasteiger partial charge on any atom is 0.412 e. The second kappa shape index (κ2) is 7.92. The summed E-state index contributed by atoms with van der Waals surface area (Å²) >= 11 is 0. The Balaban J connectivity index is 2.17. The van der Waals surface area contributed by atoms with Gasteiger partial charge in [0.05, 0.1) is 12.0 Å². The molecule has 0 saturated heterocycles. The average Bonchev–Trinajstić information content (AvgIpc) is 2.56. The molecule has 0 heterocycles. The molecule has 0 aliphatic rings. The maximum absolute atomic E-state index is 14.6. The third-order valence-electron chi connectivity index (χ3n) is 3.66. The first-order chi connectivity index (χ1) is 12.2. The van der Waals surface area contributed by atoms with Crippen molar-refractivity contribution in [1.29, 1.82) is 0 Å². The molecule has 0 radical (unpaired) electrons. The number of amides is 1. The van der Waals surface area contributed by atoms with Crippen LogP contribution in [-0.2, 0) is 21.7 Å². The van der Waals surface area contributed by atoms with E-state index < -0.39 is 41.3 Å². The van der Waals surface area contributed by atoms with Crippen LogP contribution < -0.4 is 11.1 Å². The summed E-state index contributed by atoms with van der Waals surface area (Å²) in [5, 5.41) is 10.9. The van der Waals surface area contributed by atoms with Gasteiger partial charge in [-0.25, -0.2) is 13.6 Å². The number of carbonyl (C=O) groups excluding carboxylic acids is 1. The van der Waals surface area contributed by atoms with Gasteiger partial charge in [-0.15, -0.1) is 0 Å². The quantitative estimate of drug-likeness (QED) is 0.729. The molecule has 6 nitrogen and oxygen atoms in total. The Kier molecular flexibility index (Phi) is 5.89. The van der Waals surface area contributed by atoms with E-state index in [-0.39, 0.29) is 12.2 Å². The van der Waals surface area contributed by atoms with Gasteiger partial charge < -0.3 is 15.6 Å². The molecule has 0 aliphatic carbocycles. The number of anilines is 1. The molecule has 1 unspecified atom stereocenters. The first-order valence-electron chi connectivity index (χ1n) is 7.67. The Morgan fingerprint density at radius 2 is 1.85 bits per heavy atom. The second-order valence-electron chi connectivity index (χ2n) is 5.96. The highest BCUT2D eigenvalue weighted by molar-refractivity contribution is 5.85. The van der Waals surface area contributed by atoms with E-state index in [0.29, 0.717) is 5.56 Å². The zero-order chi connectivity index (χ0) is 19.3. The lowest BCUT2D eigenvalue weighted by Gasteiger charge is -2.24. The lowest BCUT2D eigenvalue weighted by Crippen LogP contribution is -2.37. The lowest BCUT2D eigenvalue weighted by molar-refractivity contribution is -0.138. The van der Waals surface area contributed by atoms with E-state index in [1.807, 2.05) is 5.32 Å². The molecule has 4 N–H and O–H groups in total. The lowest BCUT2D eigenvalue weighted by atomic mass is 9.89. The highest BCUT2D eigenvalue weighted by Crippen LogP contribution is 2.30. The van der Waals surface area contributed by atoms with Crippen molar-refractivity contribution in [3.8, 4) is 0 Å². The Morgan fingerprint density at radius 1 is 1.19 bits per heavy atom.